The molecule has 0 fully saturated rings. The summed E-state index contributed by atoms with van der Waals surface area (Å²) in [6.45, 7) is 1.82. The SMILES string of the molecule is CC(Br)C(=O)CCN=O. The lowest BCUT2D eigenvalue weighted by atomic mass is 10.2. The molecule has 0 aliphatic heterocycles. The number of Topliss-reactive ketones (excluding diaryl/α,β-unsaturated/α-hetero) is 1. The van der Waals surface area contributed by atoms with Crippen molar-refractivity contribution in [3.8, 4) is 0 Å². The molecule has 9 heavy (non-hydrogen) atoms. The molecule has 0 bridgehead atoms. The summed E-state index contributed by atoms with van der Waals surface area (Å²) in [4.78, 5) is 20.0. The molecule has 3 nitrogen and oxygen atoms in total. The fourth-order valence-corrected chi connectivity index (χ4v) is 0.584. The first kappa shape index (κ1) is 8.75. The van der Waals surface area contributed by atoms with Gasteiger partial charge in [-0.1, -0.05) is 21.1 Å². The minimum Gasteiger partial charge on any atom is -0.298 e. The van der Waals surface area contributed by atoms with E-state index in [4.69, 9.17) is 0 Å². The van der Waals surface area contributed by atoms with Crippen LogP contribution in [0.4, 0.5) is 0 Å². The predicted octanol–water partition coefficient (Wildman–Crippen LogP) is 1.50. The first-order valence-corrected chi connectivity index (χ1v) is 3.56. The monoisotopic (exact) mass is 193 g/mol. The summed E-state index contributed by atoms with van der Waals surface area (Å²) in [5, 5.41) is 2.57. The van der Waals surface area contributed by atoms with Crippen LogP contribution >= 0.6 is 15.9 Å². The van der Waals surface area contributed by atoms with Crippen molar-refractivity contribution in [2.75, 3.05) is 6.54 Å². The molecular formula is C5H8BrNO2. The van der Waals surface area contributed by atoms with Crippen molar-refractivity contribution in [2.45, 2.75) is 18.2 Å². The third-order valence-electron chi connectivity index (χ3n) is 0.893. The molecule has 0 aromatic carbocycles. The predicted molar refractivity (Wildman–Crippen MR) is 38.7 cm³/mol. The molecule has 4 heteroatoms. The van der Waals surface area contributed by atoms with Crippen molar-refractivity contribution >= 4 is 21.7 Å². The second-order valence-electron chi connectivity index (χ2n) is 1.69. The van der Waals surface area contributed by atoms with Crippen LogP contribution in [-0.4, -0.2) is 17.2 Å². The fraction of sp³-hybridized carbons (Fsp3) is 0.800. The molecule has 0 saturated heterocycles. The Morgan fingerprint density at radius 3 is 2.67 bits per heavy atom. The zero-order valence-electron chi connectivity index (χ0n) is 5.13. The molecule has 0 saturated carbocycles. The average molecular weight is 194 g/mol. The summed E-state index contributed by atoms with van der Waals surface area (Å²) in [5.74, 6) is 0.0228. The van der Waals surface area contributed by atoms with E-state index in [2.05, 4.69) is 21.1 Å². The average Bonchev–Trinajstić information content (AvgIpc) is 1.82. The number of rotatable bonds is 4. The Morgan fingerprint density at radius 1 is 1.78 bits per heavy atom. The fourth-order valence-electron chi connectivity index (χ4n) is 0.355. The highest BCUT2D eigenvalue weighted by molar-refractivity contribution is 9.10. The second-order valence-corrected chi connectivity index (χ2v) is 3.06. The number of carbonyl (C=O) groups excluding carboxylic acids is 1. The smallest absolute Gasteiger partial charge is 0.148 e. The molecule has 52 valence electrons. The van der Waals surface area contributed by atoms with Gasteiger partial charge in [0, 0.05) is 6.42 Å². The van der Waals surface area contributed by atoms with E-state index in [1.54, 1.807) is 6.92 Å². The molecule has 0 heterocycles. The Hall–Kier alpha value is -0.250. The highest BCUT2D eigenvalue weighted by Gasteiger charge is 2.06. The summed E-state index contributed by atoms with van der Waals surface area (Å²) in [5.41, 5.74) is 0. The van der Waals surface area contributed by atoms with Crippen molar-refractivity contribution in [3.05, 3.63) is 4.91 Å². The standard InChI is InChI=1S/C5H8BrNO2/c1-4(6)5(8)2-3-7-9/h4H,2-3H2,1H3. The Kier molecular flexibility index (Phi) is 4.48. The lowest BCUT2D eigenvalue weighted by molar-refractivity contribution is -0.117. The maximum atomic E-state index is 10.7. The summed E-state index contributed by atoms with van der Waals surface area (Å²) < 4.78 is 0. The van der Waals surface area contributed by atoms with Crippen molar-refractivity contribution in [1.29, 1.82) is 0 Å². The van der Waals surface area contributed by atoms with Gasteiger partial charge in [0.15, 0.2) is 0 Å². The van der Waals surface area contributed by atoms with Crippen LogP contribution in [0.3, 0.4) is 0 Å². The molecule has 0 aliphatic carbocycles. The number of hydrogen-bond acceptors (Lipinski definition) is 3. The van der Waals surface area contributed by atoms with E-state index >= 15 is 0 Å². The van der Waals surface area contributed by atoms with Crippen molar-refractivity contribution in [2.24, 2.45) is 5.18 Å². The highest BCUT2D eigenvalue weighted by Crippen LogP contribution is 2.01. The van der Waals surface area contributed by atoms with Gasteiger partial charge in [0.2, 0.25) is 0 Å². The quantitative estimate of drug-likeness (QED) is 0.502. The number of ketones is 1. The van der Waals surface area contributed by atoms with Gasteiger partial charge in [-0.3, -0.25) is 4.79 Å². The number of halogens is 1. The van der Waals surface area contributed by atoms with Crippen LogP contribution in [0.5, 0.6) is 0 Å². The maximum absolute atomic E-state index is 10.7. The molecule has 0 spiro atoms. The molecule has 0 aliphatic rings. The van der Waals surface area contributed by atoms with Gasteiger partial charge in [-0.15, -0.1) is 0 Å². The minimum absolute atomic E-state index is 0.0228. The van der Waals surface area contributed by atoms with Crippen LogP contribution in [0, 0.1) is 4.91 Å². The Morgan fingerprint density at radius 2 is 2.33 bits per heavy atom. The first-order chi connectivity index (χ1) is 4.18. The van der Waals surface area contributed by atoms with E-state index < -0.39 is 0 Å². The second kappa shape index (κ2) is 4.61. The topological polar surface area (TPSA) is 46.5 Å². The number of nitroso groups, excluding NO2 is 1. The van der Waals surface area contributed by atoms with Gasteiger partial charge in [0.1, 0.15) is 5.78 Å². The van der Waals surface area contributed by atoms with Crippen molar-refractivity contribution in [1.82, 2.24) is 0 Å². The van der Waals surface area contributed by atoms with Crippen LogP contribution in [0.2, 0.25) is 0 Å². The van der Waals surface area contributed by atoms with Gasteiger partial charge in [-0.2, -0.15) is 4.91 Å². The lowest BCUT2D eigenvalue weighted by Crippen LogP contribution is -2.09. The molecule has 0 N–H and O–H groups in total. The van der Waals surface area contributed by atoms with E-state index in [0.29, 0.717) is 0 Å². The largest absolute Gasteiger partial charge is 0.298 e. The van der Waals surface area contributed by atoms with Gasteiger partial charge < -0.3 is 0 Å². The molecule has 0 aromatic heterocycles. The van der Waals surface area contributed by atoms with E-state index in [1.807, 2.05) is 0 Å². The molecular weight excluding hydrogens is 186 g/mol. The number of hydrogen-bond donors (Lipinski definition) is 0. The van der Waals surface area contributed by atoms with Gasteiger partial charge in [-0.25, -0.2) is 0 Å². The van der Waals surface area contributed by atoms with E-state index in [9.17, 15) is 9.70 Å². The molecule has 0 aromatic rings. The maximum Gasteiger partial charge on any atom is 0.148 e. The highest BCUT2D eigenvalue weighted by atomic mass is 79.9. The van der Waals surface area contributed by atoms with Gasteiger partial charge in [0.05, 0.1) is 11.4 Å². The van der Waals surface area contributed by atoms with Crippen LogP contribution in [0.1, 0.15) is 13.3 Å². The van der Waals surface area contributed by atoms with Crippen LogP contribution in [-0.2, 0) is 4.79 Å². The van der Waals surface area contributed by atoms with Crippen LogP contribution in [0.15, 0.2) is 5.18 Å². The summed E-state index contributed by atoms with van der Waals surface area (Å²) in [6, 6.07) is 0. The normalized spacial score (nSPS) is 12.7. The first-order valence-electron chi connectivity index (χ1n) is 2.64. The zero-order chi connectivity index (χ0) is 7.28. The molecule has 1 atom stereocenters. The van der Waals surface area contributed by atoms with Crippen LogP contribution in [0.25, 0.3) is 0 Å². The van der Waals surface area contributed by atoms with Gasteiger partial charge in [-0.05, 0) is 6.92 Å². The van der Waals surface area contributed by atoms with E-state index in [1.165, 1.54) is 0 Å². The van der Waals surface area contributed by atoms with E-state index in [-0.39, 0.29) is 23.6 Å². The van der Waals surface area contributed by atoms with Crippen LogP contribution < -0.4 is 0 Å². The molecule has 1 unspecified atom stereocenters. The summed E-state index contributed by atoms with van der Waals surface area (Å²) in [6.07, 6.45) is 0.246. The summed E-state index contributed by atoms with van der Waals surface area (Å²) >= 11 is 3.08. The van der Waals surface area contributed by atoms with Gasteiger partial charge >= 0.3 is 0 Å². The number of nitrogens with zero attached hydrogens (tertiary/aromatic N) is 1. The third kappa shape index (κ3) is 4.27. The van der Waals surface area contributed by atoms with Crippen molar-refractivity contribution < 1.29 is 4.79 Å². The molecule has 0 rings (SSSR count). The minimum atomic E-state index is -0.153. The summed E-state index contributed by atoms with van der Waals surface area (Å²) in [7, 11) is 0. The number of carbonyl (C=O) groups is 1. The lowest BCUT2D eigenvalue weighted by Gasteiger charge is -1.96. The Bertz CT molecular complexity index is 114. The Balaban J connectivity index is 3.38. The zero-order valence-corrected chi connectivity index (χ0v) is 6.72. The van der Waals surface area contributed by atoms with Crippen molar-refractivity contribution in [3.63, 3.8) is 0 Å². The van der Waals surface area contributed by atoms with E-state index in [0.717, 1.165) is 0 Å². The van der Waals surface area contributed by atoms with Gasteiger partial charge in [0.25, 0.3) is 0 Å². The molecule has 0 radical (unpaired) electrons. The molecule has 0 amide bonds. The number of alkyl halides is 1. The third-order valence-corrected chi connectivity index (χ3v) is 1.40. The Labute approximate surface area is 61.9 Å².